The van der Waals surface area contributed by atoms with Gasteiger partial charge in [0.1, 0.15) is 5.82 Å². The SMILES string of the molecule is Cc1ccc(-c2nc(C(C(c3ccccc3Cl)c3ccccc3Cl)N3CCNCC3)c(C)[nH]2)cc1. The standard InChI is InChI=1S/C29H30Cl2N4/c1-19-11-13-21(14-12-19)29-33-20(2)27(34-29)28(35-17-15-32-16-18-35)26(22-7-3-5-9-24(22)30)23-8-4-6-10-25(23)31/h3-14,26,28,32H,15-18H2,1-2H3,(H,33,34). The van der Waals surface area contributed by atoms with Crippen molar-refractivity contribution < 1.29 is 0 Å². The Kier molecular flexibility index (Phi) is 7.26. The van der Waals surface area contributed by atoms with Gasteiger partial charge in [0.05, 0.1) is 11.7 Å². The number of nitrogens with one attached hydrogen (secondary N) is 2. The number of H-pyrrole nitrogens is 1. The van der Waals surface area contributed by atoms with Crippen molar-refractivity contribution in [1.82, 2.24) is 20.2 Å². The fourth-order valence-electron chi connectivity index (χ4n) is 5.07. The first kappa shape index (κ1) is 24.1. The highest BCUT2D eigenvalue weighted by atomic mass is 35.5. The van der Waals surface area contributed by atoms with Gasteiger partial charge in [-0.1, -0.05) is 89.4 Å². The normalized spacial score (nSPS) is 15.5. The van der Waals surface area contributed by atoms with Crippen LogP contribution in [0.2, 0.25) is 10.0 Å². The molecule has 1 aliphatic rings. The number of imidazole rings is 1. The summed E-state index contributed by atoms with van der Waals surface area (Å²) in [6.45, 7) is 7.92. The van der Waals surface area contributed by atoms with Crippen LogP contribution < -0.4 is 5.32 Å². The molecule has 6 heteroatoms. The number of benzene rings is 3. The number of aromatic nitrogens is 2. The van der Waals surface area contributed by atoms with Crippen molar-refractivity contribution in [3.05, 3.63) is 111 Å². The summed E-state index contributed by atoms with van der Waals surface area (Å²) in [7, 11) is 0. The van der Waals surface area contributed by atoms with Crippen LogP contribution in [-0.2, 0) is 0 Å². The zero-order valence-electron chi connectivity index (χ0n) is 20.1. The van der Waals surface area contributed by atoms with E-state index in [4.69, 9.17) is 28.2 Å². The van der Waals surface area contributed by atoms with Crippen LogP contribution in [0.3, 0.4) is 0 Å². The van der Waals surface area contributed by atoms with E-state index in [1.807, 2.05) is 24.3 Å². The lowest BCUT2D eigenvalue weighted by Crippen LogP contribution is -2.47. The lowest BCUT2D eigenvalue weighted by Gasteiger charge is -2.40. The second-order valence-electron chi connectivity index (χ2n) is 9.21. The Bertz CT molecular complexity index is 1250. The van der Waals surface area contributed by atoms with Crippen LogP contribution >= 0.6 is 23.2 Å². The van der Waals surface area contributed by atoms with E-state index in [9.17, 15) is 0 Å². The monoisotopic (exact) mass is 504 g/mol. The minimum Gasteiger partial charge on any atom is -0.342 e. The second kappa shape index (κ2) is 10.5. The van der Waals surface area contributed by atoms with Crippen molar-refractivity contribution in [2.45, 2.75) is 25.8 Å². The highest BCUT2D eigenvalue weighted by Crippen LogP contribution is 2.46. The maximum atomic E-state index is 6.85. The molecule has 2 heterocycles. The summed E-state index contributed by atoms with van der Waals surface area (Å²) < 4.78 is 0. The molecular weight excluding hydrogens is 475 g/mol. The van der Waals surface area contributed by atoms with Crippen molar-refractivity contribution in [2.24, 2.45) is 0 Å². The molecule has 1 atom stereocenters. The summed E-state index contributed by atoms with van der Waals surface area (Å²) in [4.78, 5) is 11.3. The zero-order chi connectivity index (χ0) is 24.4. The highest BCUT2D eigenvalue weighted by Gasteiger charge is 2.37. The number of rotatable bonds is 6. The Morgan fingerprint density at radius 1 is 0.800 bits per heavy atom. The molecule has 0 aliphatic carbocycles. The largest absolute Gasteiger partial charge is 0.342 e. The number of aryl methyl sites for hydroxylation is 2. The van der Waals surface area contributed by atoms with Crippen molar-refractivity contribution in [1.29, 1.82) is 0 Å². The van der Waals surface area contributed by atoms with Crippen LogP contribution in [0.25, 0.3) is 11.4 Å². The predicted molar refractivity (Wildman–Crippen MR) is 145 cm³/mol. The van der Waals surface area contributed by atoms with Gasteiger partial charge in [0.15, 0.2) is 0 Å². The van der Waals surface area contributed by atoms with Crippen LogP contribution in [0.4, 0.5) is 0 Å². The molecule has 1 aliphatic heterocycles. The van der Waals surface area contributed by atoms with E-state index < -0.39 is 0 Å². The molecular formula is C29H30Cl2N4. The molecule has 0 radical (unpaired) electrons. The summed E-state index contributed by atoms with van der Waals surface area (Å²) in [5, 5.41) is 4.97. The Morgan fingerprint density at radius 2 is 1.37 bits per heavy atom. The van der Waals surface area contributed by atoms with Gasteiger partial charge in [-0.25, -0.2) is 4.98 Å². The average Bonchev–Trinajstić information content (AvgIpc) is 3.25. The Hall–Kier alpha value is -2.63. The van der Waals surface area contributed by atoms with Crippen LogP contribution in [0.15, 0.2) is 72.8 Å². The van der Waals surface area contributed by atoms with Crippen LogP contribution in [0.5, 0.6) is 0 Å². The molecule has 0 amide bonds. The van der Waals surface area contributed by atoms with Crippen molar-refractivity contribution in [3.8, 4) is 11.4 Å². The van der Waals surface area contributed by atoms with Crippen molar-refractivity contribution in [2.75, 3.05) is 26.2 Å². The lowest BCUT2D eigenvalue weighted by molar-refractivity contribution is 0.156. The van der Waals surface area contributed by atoms with E-state index in [0.29, 0.717) is 0 Å². The zero-order valence-corrected chi connectivity index (χ0v) is 21.6. The Balaban J connectivity index is 1.70. The van der Waals surface area contributed by atoms with E-state index in [-0.39, 0.29) is 12.0 Å². The topological polar surface area (TPSA) is 44.0 Å². The van der Waals surface area contributed by atoms with Gasteiger partial charge >= 0.3 is 0 Å². The molecule has 1 fully saturated rings. The maximum absolute atomic E-state index is 6.85. The van der Waals surface area contributed by atoms with Gasteiger partial charge in [-0.15, -0.1) is 0 Å². The van der Waals surface area contributed by atoms with E-state index in [1.165, 1.54) is 5.56 Å². The second-order valence-corrected chi connectivity index (χ2v) is 10.0. The third-order valence-corrected chi connectivity index (χ3v) is 7.56. The van der Waals surface area contributed by atoms with Gasteiger partial charge in [0, 0.05) is 53.4 Å². The molecule has 35 heavy (non-hydrogen) atoms. The number of hydrogen-bond acceptors (Lipinski definition) is 3. The Morgan fingerprint density at radius 3 is 1.94 bits per heavy atom. The van der Waals surface area contributed by atoms with E-state index in [0.717, 1.165) is 70.1 Å². The first-order valence-electron chi connectivity index (χ1n) is 12.1. The molecule has 2 N–H and O–H groups in total. The third kappa shape index (κ3) is 5.03. The van der Waals surface area contributed by atoms with Crippen LogP contribution in [-0.4, -0.2) is 41.0 Å². The minimum atomic E-state index is -0.0802. The Labute approximate surface area is 217 Å². The smallest absolute Gasteiger partial charge is 0.137 e. The van der Waals surface area contributed by atoms with Gasteiger partial charge in [0.2, 0.25) is 0 Å². The minimum absolute atomic E-state index is 0.0349. The quantitative estimate of drug-likeness (QED) is 0.304. The third-order valence-electron chi connectivity index (χ3n) is 6.87. The van der Waals surface area contributed by atoms with Gasteiger partial charge in [-0.3, -0.25) is 4.90 Å². The summed E-state index contributed by atoms with van der Waals surface area (Å²) >= 11 is 13.7. The summed E-state index contributed by atoms with van der Waals surface area (Å²) in [6, 6.07) is 24.7. The fraction of sp³-hybridized carbons (Fsp3) is 0.276. The van der Waals surface area contributed by atoms with Gasteiger partial charge in [-0.05, 0) is 37.1 Å². The summed E-state index contributed by atoms with van der Waals surface area (Å²) in [5.74, 6) is 0.804. The molecule has 4 aromatic rings. The van der Waals surface area contributed by atoms with E-state index in [1.54, 1.807) is 0 Å². The predicted octanol–water partition coefficient (Wildman–Crippen LogP) is 6.78. The number of piperazine rings is 1. The summed E-state index contributed by atoms with van der Waals surface area (Å²) in [5.41, 5.74) is 6.53. The summed E-state index contributed by atoms with van der Waals surface area (Å²) in [6.07, 6.45) is 0. The van der Waals surface area contributed by atoms with Crippen LogP contribution in [0.1, 0.15) is 40.0 Å². The highest BCUT2D eigenvalue weighted by molar-refractivity contribution is 6.32. The lowest BCUT2D eigenvalue weighted by atomic mass is 9.82. The van der Waals surface area contributed by atoms with Gasteiger partial charge in [0.25, 0.3) is 0 Å². The molecule has 0 saturated carbocycles. The number of hydrogen-bond donors (Lipinski definition) is 2. The molecule has 5 rings (SSSR count). The molecule has 1 saturated heterocycles. The van der Waals surface area contributed by atoms with Crippen LogP contribution in [0, 0.1) is 13.8 Å². The first-order valence-corrected chi connectivity index (χ1v) is 12.9. The first-order chi connectivity index (χ1) is 17.0. The molecule has 0 spiro atoms. The average molecular weight is 505 g/mol. The number of halogens is 2. The molecule has 1 aromatic heterocycles. The number of aromatic amines is 1. The van der Waals surface area contributed by atoms with Gasteiger partial charge in [-0.2, -0.15) is 0 Å². The maximum Gasteiger partial charge on any atom is 0.137 e. The van der Waals surface area contributed by atoms with E-state index in [2.05, 4.69) is 77.6 Å². The van der Waals surface area contributed by atoms with Crippen molar-refractivity contribution >= 4 is 23.2 Å². The molecule has 4 nitrogen and oxygen atoms in total. The van der Waals surface area contributed by atoms with Gasteiger partial charge < -0.3 is 10.3 Å². The van der Waals surface area contributed by atoms with E-state index >= 15 is 0 Å². The molecule has 1 unspecified atom stereocenters. The fourth-order valence-corrected chi connectivity index (χ4v) is 5.58. The molecule has 0 bridgehead atoms. The van der Waals surface area contributed by atoms with Crippen molar-refractivity contribution in [3.63, 3.8) is 0 Å². The molecule has 3 aromatic carbocycles. The molecule has 180 valence electrons. The number of nitrogens with zero attached hydrogens (tertiary/aromatic N) is 2.